The van der Waals surface area contributed by atoms with E-state index in [0.29, 0.717) is 12.2 Å². The quantitative estimate of drug-likeness (QED) is 0.388. The number of thiocarbonyl (C=S) groups is 1. The predicted molar refractivity (Wildman–Crippen MR) is 117 cm³/mol. The van der Waals surface area contributed by atoms with Crippen molar-refractivity contribution in [2.45, 2.75) is 26.7 Å². The zero-order chi connectivity index (χ0) is 19.1. The molecule has 0 radical (unpaired) electrons. The average molecular weight is 500 g/mol. The van der Waals surface area contributed by atoms with Crippen molar-refractivity contribution in [2.24, 2.45) is 0 Å². The van der Waals surface area contributed by atoms with Crippen LogP contribution < -0.4 is 15.4 Å². The summed E-state index contributed by atoms with van der Waals surface area (Å²) in [5.41, 5.74) is 2.41. The minimum atomic E-state index is -0.286. The summed E-state index contributed by atoms with van der Waals surface area (Å²) < 4.78 is 7.29. The molecule has 0 fully saturated rings. The fourth-order valence-electron chi connectivity index (χ4n) is 2.14. The van der Waals surface area contributed by atoms with E-state index in [-0.39, 0.29) is 11.0 Å². The summed E-state index contributed by atoms with van der Waals surface area (Å²) in [5.74, 6) is 0.436. The van der Waals surface area contributed by atoms with Crippen LogP contribution in [0.25, 0.3) is 0 Å². The van der Waals surface area contributed by atoms with Gasteiger partial charge in [-0.25, -0.2) is 0 Å². The number of halogens is 2. The largest absolute Gasteiger partial charge is 0.492 e. The Morgan fingerprint density at radius 2 is 1.92 bits per heavy atom. The van der Waals surface area contributed by atoms with Crippen LogP contribution in [0.1, 0.15) is 35.7 Å². The van der Waals surface area contributed by atoms with Crippen molar-refractivity contribution < 1.29 is 9.53 Å². The molecular weight excluding hydrogens is 480 g/mol. The van der Waals surface area contributed by atoms with E-state index in [4.69, 9.17) is 17.0 Å². The van der Waals surface area contributed by atoms with E-state index in [2.05, 4.69) is 49.4 Å². The number of benzene rings is 2. The Bertz CT molecular complexity index is 812. The maximum Gasteiger partial charge on any atom is 0.257 e. The summed E-state index contributed by atoms with van der Waals surface area (Å²) >= 11 is 12.2. The van der Waals surface area contributed by atoms with Crippen molar-refractivity contribution in [1.29, 1.82) is 0 Å². The van der Waals surface area contributed by atoms with E-state index in [1.165, 1.54) is 0 Å². The minimum absolute atomic E-state index is 0.235. The molecule has 138 valence electrons. The van der Waals surface area contributed by atoms with Crippen molar-refractivity contribution >= 4 is 60.8 Å². The summed E-state index contributed by atoms with van der Waals surface area (Å²) in [6.07, 6.45) is 2.06. The number of ether oxygens (including phenoxy) is 1. The molecule has 0 aliphatic heterocycles. The van der Waals surface area contributed by atoms with Gasteiger partial charge >= 0.3 is 0 Å². The van der Waals surface area contributed by atoms with Gasteiger partial charge in [-0.3, -0.25) is 10.1 Å². The van der Waals surface area contributed by atoms with Crippen LogP contribution >= 0.6 is 44.1 Å². The second kappa shape index (κ2) is 10.0. The number of carbonyl (C=O) groups excluding carboxylic acids is 1. The number of anilines is 1. The third-order valence-electron chi connectivity index (χ3n) is 3.55. The zero-order valence-corrected chi connectivity index (χ0v) is 18.6. The highest BCUT2D eigenvalue weighted by atomic mass is 79.9. The number of aryl methyl sites for hydroxylation is 1. The topological polar surface area (TPSA) is 50.4 Å². The van der Waals surface area contributed by atoms with E-state index < -0.39 is 0 Å². The lowest BCUT2D eigenvalue weighted by Gasteiger charge is -2.12. The fraction of sp³-hybridized carbons (Fsp3) is 0.263. The molecule has 0 saturated carbocycles. The number of nitrogens with one attached hydrogen (secondary N) is 2. The third kappa shape index (κ3) is 6.07. The highest BCUT2D eigenvalue weighted by Crippen LogP contribution is 2.26. The molecule has 0 bridgehead atoms. The second-order valence-electron chi connectivity index (χ2n) is 5.74. The molecule has 0 aliphatic rings. The number of carbonyl (C=O) groups is 1. The van der Waals surface area contributed by atoms with Crippen molar-refractivity contribution in [1.82, 2.24) is 5.32 Å². The summed E-state index contributed by atoms with van der Waals surface area (Å²) in [4.78, 5) is 12.4. The molecule has 1 amide bonds. The van der Waals surface area contributed by atoms with Crippen LogP contribution in [-0.4, -0.2) is 17.6 Å². The maximum absolute atomic E-state index is 12.4. The van der Waals surface area contributed by atoms with Crippen LogP contribution in [0.4, 0.5) is 5.69 Å². The van der Waals surface area contributed by atoms with Gasteiger partial charge < -0.3 is 10.1 Å². The monoisotopic (exact) mass is 498 g/mol. The first kappa shape index (κ1) is 20.9. The van der Waals surface area contributed by atoms with Gasteiger partial charge in [-0.2, -0.15) is 0 Å². The number of amides is 1. The standard InChI is InChI=1S/C19H20Br2N2O2S/c1-3-4-9-25-17-8-6-13(11-15(17)21)18(24)23-19(26)22-16-7-5-12(2)10-14(16)20/h5-8,10-11H,3-4,9H2,1-2H3,(H2,22,23,24,26). The first-order valence-corrected chi connectivity index (χ1v) is 10.2. The molecule has 0 saturated heterocycles. The molecule has 0 unspecified atom stereocenters. The Morgan fingerprint density at radius 1 is 1.15 bits per heavy atom. The zero-order valence-electron chi connectivity index (χ0n) is 14.6. The Hall–Kier alpha value is -1.44. The SMILES string of the molecule is CCCCOc1ccc(C(=O)NC(=S)Nc2ccc(C)cc2Br)cc1Br. The van der Waals surface area contributed by atoms with Gasteiger partial charge in [0.1, 0.15) is 5.75 Å². The Kier molecular flexibility index (Phi) is 8.06. The van der Waals surface area contributed by atoms with Crippen molar-refractivity contribution in [3.8, 4) is 5.75 Å². The number of hydrogen-bond acceptors (Lipinski definition) is 3. The number of unbranched alkanes of at least 4 members (excludes halogenated alkanes) is 1. The highest BCUT2D eigenvalue weighted by Gasteiger charge is 2.12. The Balaban J connectivity index is 1.98. The van der Waals surface area contributed by atoms with E-state index >= 15 is 0 Å². The molecule has 2 aromatic carbocycles. The predicted octanol–water partition coefficient (Wildman–Crippen LogP) is 5.83. The van der Waals surface area contributed by atoms with Crippen LogP contribution in [0.3, 0.4) is 0 Å². The van der Waals surface area contributed by atoms with E-state index in [9.17, 15) is 4.79 Å². The Morgan fingerprint density at radius 3 is 2.58 bits per heavy atom. The first-order valence-electron chi connectivity index (χ1n) is 8.21. The molecule has 2 N–H and O–H groups in total. The molecule has 0 spiro atoms. The first-order chi connectivity index (χ1) is 12.4. The third-order valence-corrected chi connectivity index (χ3v) is 5.03. The summed E-state index contributed by atoms with van der Waals surface area (Å²) in [5, 5.41) is 5.93. The van der Waals surface area contributed by atoms with Crippen LogP contribution in [0.2, 0.25) is 0 Å². The lowest BCUT2D eigenvalue weighted by Crippen LogP contribution is -2.34. The van der Waals surface area contributed by atoms with Gasteiger partial charge in [0.2, 0.25) is 0 Å². The maximum atomic E-state index is 12.4. The molecule has 0 aliphatic carbocycles. The summed E-state index contributed by atoms with van der Waals surface area (Å²) in [6.45, 7) is 4.76. The van der Waals surface area contributed by atoms with Gasteiger partial charge in [0.25, 0.3) is 5.91 Å². The van der Waals surface area contributed by atoms with Crippen LogP contribution in [0, 0.1) is 6.92 Å². The lowest BCUT2D eigenvalue weighted by molar-refractivity contribution is 0.0977. The van der Waals surface area contributed by atoms with Gasteiger partial charge in [-0.15, -0.1) is 0 Å². The minimum Gasteiger partial charge on any atom is -0.492 e. The van der Waals surface area contributed by atoms with Gasteiger partial charge in [0, 0.05) is 10.0 Å². The molecule has 2 rings (SSSR count). The van der Waals surface area contributed by atoms with Crippen molar-refractivity contribution in [2.75, 3.05) is 11.9 Å². The number of rotatable bonds is 6. The molecule has 7 heteroatoms. The van der Waals surface area contributed by atoms with Crippen LogP contribution in [-0.2, 0) is 0 Å². The normalized spacial score (nSPS) is 10.3. The van der Waals surface area contributed by atoms with E-state index in [1.807, 2.05) is 25.1 Å². The average Bonchev–Trinajstić information content (AvgIpc) is 2.59. The fourth-order valence-corrected chi connectivity index (χ4v) is 3.42. The van der Waals surface area contributed by atoms with Crippen molar-refractivity contribution in [3.05, 3.63) is 56.5 Å². The molecule has 4 nitrogen and oxygen atoms in total. The Labute approximate surface area is 176 Å². The van der Waals surface area contributed by atoms with Crippen LogP contribution in [0.5, 0.6) is 5.75 Å². The molecule has 26 heavy (non-hydrogen) atoms. The molecule has 2 aromatic rings. The summed E-state index contributed by atoms with van der Waals surface area (Å²) in [6, 6.07) is 11.1. The van der Waals surface area contributed by atoms with Crippen LogP contribution in [0.15, 0.2) is 45.3 Å². The van der Waals surface area contributed by atoms with Gasteiger partial charge in [-0.1, -0.05) is 19.4 Å². The van der Waals surface area contributed by atoms with Gasteiger partial charge in [0.15, 0.2) is 5.11 Å². The lowest BCUT2D eigenvalue weighted by atomic mass is 10.2. The smallest absolute Gasteiger partial charge is 0.257 e. The highest BCUT2D eigenvalue weighted by molar-refractivity contribution is 9.11. The van der Waals surface area contributed by atoms with Crippen molar-refractivity contribution in [3.63, 3.8) is 0 Å². The van der Waals surface area contributed by atoms with E-state index in [0.717, 1.165) is 38.8 Å². The van der Waals surface area contributed by atoms with Gasteiger partial charge in [-0.05, 0) is 93.3 Å². The molecule has 0 atom stereocenters. The van der Waals surface area contributed by atoms with E-state index in [1.54, 1.807) is 18.2 Å². The molecule has 0 heterocycles. The summed E-state index contributed by atoms with van der Waals surface area (Å²) in [7, 11) is 0. The molecule has 0 aromatic heterocycles. The number of hydrogen-bond donors (Lipinski definition) is 2. The van der Waals surface area contributed by atoms with Gasteiger partial charge in [0.05, 0.1) is 16.8 Å². The second-order valence-corrected chi connectivity index (χ2v) is 7.86. The molecular formula is C19H20Br2N2O2S.